The number of hydrogen-bond acceptors (Lipinski definition) is 8. The monoisotopic (exact) mass is 416 g/mol. The van der Waals surface area contributed by atoms with E-state index in [2.05, 4.69) is 22.5 Å². The minimum atomic E-state index is -0.445. The molecule has 0 saturated carbocycles. The normalized spacial score (nSPS) is 13.7. The molecule has 0 atom stereocenters. The number of nitro groups is 1. The Bertz CT molecular complexity index is 926. The van der Waals surface area contributed by atoms with Crippen LogP contribution in [-0.2, 0) is 13.0 Å². The van der Waals surface area contributed by atoms with Crippen molar-refractivity contribution < 1.29 is 9.72 Å². The average molecular weight is 417 g/mol. The third-order valence-corrected chi connectivity index (χ3v) is 5.62. The lowest BCUT2D eigenvalue weighted by Crippen LogP contribution is -2.36. The summed E-state index contributed by atoms with van der Waals surface area (Å²) in [4.78, 5) is 30.5. The van der Waals surface area contributed by atoms with Gasteiger partial charge in [-0.2, -0.15) is 0 Å². The molecule has 1 aliphatic heterocycles. The summed E-state index contributed by atoms with van der Waals surface area (Å²) in [5.41, 5.74) is 7.78. The standard InChI is InChI=1S/C19H24N6O3S/c1-2-3-9-21-17(12-25(27)28)24-10-8-15-16(11-24)29-19(23-15)18(26)22-14-7-5-4-6-13(14)20/h4-7,12,21H,2-3,8-11,20H2,1H3,(H,22,26)/b17-12-. The fourth-order valence-electron chi connectivity index (χ4n) is 3.02. The Balaban J connectivity index is 1.72. The lowest BCUT2D eigenvalue weighted by molar-refractivity contribution is -0.404. The lowest BCUT2D eigenvalue weighted by atomic mass is 10.2. The highest BCUT2D eigenvalue weighted by molar-refractivity contribution is 7.13. The van der Waals surface area contributed by atoms with E-state index in [0.29, 0.717) is 48.3 Å². The maximum absolute atomic E-state index is 12.6. The van der Waals surface area contributed by atoms with Gasteiger partial charge in [0.1, 0.15) is 0 Å². The highest BCUT2D eigenvalue weighted by Crippen LogP contribution is 2.28. The number of rotatable bonds is 8. The molecule has 4 N–H and O–H groups in total. The number of carbonyl (C=O) groups excluding carboxylic acids is 1. The summed E-state index contributed by atoms with van der Waals surface area (Å²) in [5.74, 6) is 0.182. The molecule has 10 heteroatoms. The Kier molecular flexibility index (Phi) is 6.65. The summed E-state index contributed by atoms with van der Waals surface area (Å²) in [5, 5.41) is 17.3. The molecule has 0 saturated heterocycles. The van der Waals surface area contributed by atoms with E-state index in [9.17, 15) is 14.9 Å². The Morgan fingerprint density at radius 2 is 2.24 bits per heavy atom. The van der Waals surface area contributed by atoms with Crippen molar-refractivity contribution in [2.45, 2.75) is 32.7 Å². The summed E-state index contributed by atoms with van der Waals surface area (Å²) in [7, 11) is 0. The first-order chi connectivity index (χ1) is 14.0. The lowest BCUT2D eigenvalue weighted by Gasteiger charge is -2.29. The van der Waals surface area contributed by atoms with Gasteiger partial charge in [0.05, 0.1) is 28.5 Å². The van der Waals surface area contributed by atoms with Gasteiger partial charge in [0, 0.05) is 24.4 Å². The van der Waals surface area contributed by atoms with E-state index >= 15 is 0 Å². The maximum atomic E-state index is 12.6. The number of unbranched alkanes of at least 4 members (excludes halogenated alkanes) is 1. The molecule has 9 nitrogen and oxygen atoms in total. The number of nitrogen functional groups attached to an aromatic ring is 1. The molecule has 0 radical (unpaired) electrons. The summed E-state index contributed by atoms with van der Waals surface area (Å²) >= 11 is 1.31. The number of para-hydroxylation sites is 2. The van der Waals surface area contributed by atoms with Crippen LogP contribution in [0.4, 0.5) is 11.4 Å². The van der Waals surface area contributed by atoms with Crippen LogP contribution in [-0.4, -0.2) is 33.8 Å². The van der Waals surface area contributed by atoms with Crippen LogP contribution in [0.3, 0.4) is 0 Å². The van der Waals surface area contributed by atoms with Crippen molar-refractivity contribution in [3.8, 4) is 0 Å². The zero-order valence-electron chi connectivity index (χ0n) is 16.2. The fraction of sp³-hybridized carbons (Fsp3) is 0.368. The van der Waals surface area contributed by atoms with Crippen LogP contribution in [0.5, 0.6) is 0 Å². The number of amides is 1. The molecule has 1 aliphatic rings. The molecule has 1 amide bonds. The number of anilines is 2. The Labute approximate surface area is 172 Å². The van der Waals surface area contributed by atoms with E-state index in [1.54, 1.807) is 24.3 Å². The van der Waals surface area contributed by atoms with Gasteiger partial charge >= 0.3 is 0 Å². The molecule has 2 aromatic rings. The number of fused-ring (bicyclic) bond motifs is 1. The predicted octanol–water partition coefficient (Wildman–Crippen LogP) is 2.80. The molecule has 1 aromatic heterocycles. The van der Waals surface area contributed by atoms with Gasteiger partial charge in [-0.3, -0.25) is 14.9 Å². The molecule has 29 heavy (non-hydrogen) atoms. The van der Waals surface area contributed by atoms with Crippen molar-refractivity contribution in [2.75, 3.05) is 24.1 Å². The van der Waals surface area contributed by atoms with E-state index in [1.165, 1.54) is 11.3 Å². The third-order valence-electron chi connectivity index (χ3n) is 4.54. The minimum Gasteiger partial charge on any atom is -0.397 e. The molecular weight excluding hydrogens is 392 g/mol. The topological polar surface area (TPSA) is 126 Å². The quantitative estimate of drug-likeness (QED) is 0.261. The summed E-state index contributed by atoms with van der Waals surface area (Å²) in [6.45, 7) is 3.82. The molecule has 3 rings (SSSR count). The van der Waals surface area contributed by atoms with E-state index in [4.69, 9.17) is 5.73 Å². The summed E-state index contributed by atoms with van der Waals surface area (Å²) < 4.78 is 0. The first-order valence-electron chi connectivity index (χ1n) is 9.46. The van der Waals surface area contributed by atoms with Gasteiger partial charge in [0.15, 0.2) is 10.8 Å². The Morgan fingerprint density at radius 1 is 1.45 bits per heavy atom. The Morgan fingerprint density at radius 3 is 2.97 bits per heavy atom. The molecule has 0 bridgehead atoms. The summed E-state index contributed by atoms with van der Waals surface area (Å²) in [6.07, 6.45) is 3.56. The largest absolute Gasteiger partial charge is 0.397 e. The number of nitrogens with one attached hydrogen (secondary N) is 2. The van der Waals surface area contributed by atoms with Gasteiger partial charge in [-0.05, 0) is 18.6 Å². The van der Waals surface area contributed by atoms with Gasteiger partial charge in [-0.25, -0.2) is 4.98 Å². The van der Waals surface area contributed by atoms with Crippen LogP contribution in [0.15, 0.2) is 36.3 Å². The van der Waals surface area contributed by atoms with E-state index in [0.717, 1.165) is 29.6 Å². The first-order valence-corrected chi connectivity index (χ1v) is 10.3. The average Bonchev–Trinajstić information content (AvgIpc) is 3.12. The van der Waals surface area contributed by atoms with Crippen molar-refractivity contribution in [1.82, 2.24) is 15.2 Å². The number of nitrogens with two attached hydrogens (primary N) is 1. The molecule has 2 heterocycles. The van der Waals surface area contributed by atoms with Crippen molar-refractivity contribution in [2.24, 2.45) is 0 Å². The van der Waals surface area contributed by atoms with Gasteiger partial charge in [-0.1, -0.05) is 25.5 Å². The van der Waals surface area contributed by atoms with Crippen LogP contribution in [0, 0.1) is 10.1 Å². The highest BCUT2D eigenvalue weighted by atomic mass is 32.1. The molecule has 0 unspecified atom stereocenters. The van der Waals surface area contributed by atoms with Crippen molar-refractivity contribution in [3.05, 3.63) is 62.0 Å². The van der Waals surface area contributed by atoms with Gasteiger partial charge in [0.2, 0.25) is 0 Å². The van der Waals surface area contributed by atoms with Crippen molar-refractivity contribution in [1.29, 1.82) is 0 Å². The molecule has 1 aromatic carbocycles. The second-order valence-electron chi connectivity index (χ2n) is 6.68. The van der Waals surface area contributed by atoms with Crippen LogP contribution >= 0.6 is 11.3 Å². The van der Waals surface area contributed by atoms with E-state index < -0.39 is 4.92 Å². The fourth-order valence-corrected chi connectivity index (χ4v) is 4.04. The second kappa shape index (κ2) is 9.37. The third kappa shape index (κ3) is 5.23. The first kappa shape index (κ1) is 20.6. The predicted molar refractivity (Wildman–Crippen MR) is 113 cm³/mol. The number of hydrogen-bond donors (Lipinski definition) is 3. The number of benzene rings is 1. The van der Waals surface area contributed by atoms with E-state index in [1.807, 2.05) is 4.90 Å². The van der Waals surface area contributed by atoms with E-state index in [-0.39, 0.29) is 5.91 Å². The van der Waals surface area contributed by atoms with Gasteiger partial charge in [-0.15, -0.1) is 11.3 Å². The van der Waals surface area contributed by atoms with Crippen LogP contribution in [0.25, 0.3) is 0 Å². The van der Waals surface area contributed by atoms with Crippen molar-refractivity contribution in [3.63, 3.8) is 0 Å². The van der Waals surface area contributed by atoms with Gasteiger partial charge < -0.3 is 21.3 Å². The highest BCUT2D eigenvalue weighted by Gasteiger charge is 2.25. The van der Waals surface area contributed by atoms with Gasteiger partial charge in [0.25, 0.3) is 12.1 Å². The number of nitrogens with zero attached hydrogens (tertiary/aromatic N) is 3. The molecule has 0 spiro atoms. The number of aromatic nitrogens is 1. The smallest absolute Gasteiger partial charge is 0.284 e. The zero-order chi connectivity index (χ0) is 20.8. The molecule has 154 valence electrons. The number of thiazole rings is 1. The van der Waals surface area contributed by atoms with Crippen LogP contribution in [0.2, 0.25) is 0 Å². The molecular formula is C19H24N6O3S. The van der Waals surface area contributed by atoms with Crippen molar-refractivity contribution >= 4 is 28.6 Å². The SMILES string of the molecule is CCCCN/C(=C/[N+](=O)[O-])N1CCc2nc(C(=O)Nc3ccccc3N)sc2C1. The van der Waals surface area contributed by atoms with Crippen LogP contribution in [0.1, 0.15) is 40.1 Å². The number of carbonyl (C=O) groups is 1. The molecule has 0 aliphatic carbocycles. The second-order valence-corrected chi connectivity index (χ2v) is 7.77. The summed E-state index contributed by atoms with van der Waals surface area (Å²) in [6, 6.07) is 7.05. The maximum Gasteiger partial charge on any atom is 0.284 e. The molecule has 0 fully saturated rings. The van der Waals surface area contributed by atoms with Crippen LogP contribution < -0.4 is 16.4 Å². The minimum absolute atomic E-state index is 0.309. The Hall–Kier alpha value is -3.14. The zero-order valence-corrected chi connectivity index (χ0v) is 17.0.